The van der Waals surface area contributed by atoms with Crippen molar-refractivity contribution in [3.8, 4) is 11.3 Å². The zero-order valence-electron chi connectivity index (χ0n) is 21.1. The standard InChI is InChI=1S/C31H21NO7S/c1-2-38-31(35)27-25-16-19(12-15-26(25)39-30(27)18-8-4-3-5-9-18)32-40(36,37)20-13-14-23-24(17-20)29(34)22-11-7-6-10-21(22)28(23)33/h3-17,32H,2H2,1H3. The SMILES string of the molecule is CCOC(=O)c1c(-c2ccccc2)oc2ccc(NS(=O)(=O)c3ccc4c(c3)C(=O)c3ccccc3C4=O)cc12. The normalized spacial score (nSPS) is 12.6. The number of ketones is 2. The van der Waals surface area contributed by atoms with Crippen molar-refractivity contribution in [1.29, 1.82) is 0 Å². The van der Waals surface area contributed by atoms with Gasteiger partial charge in [-0.25, -0.2) is 13.2 Å². The van der Waals surface area contributed by atoms with Gasteiger partial charge in [-0.05, 0) is 43.3 Å². The van der Waals surface area contributed by atoms with Gasteiger partial charge >= 0.3 is 5.97 Å². The van der Waals surface area contributed by atoms with E-state index in [1.165, 1.54) is 30.3 Å². The quantitative estimate of drug-likeness (QED) is 0.258. The molecule has 9 heteroatoms. The zero-order chi connectivity index (χ0) is 28.0. The second-order valence-electron chi connectivity index (χ2n) is 9.12. The minimum Gasteiger partial charge on any atom is -0.462 e. The predicted molar refractivity (Wildman–Crippen MR) is 148 cm³/mol. The first-order chi connectivity index (χ1) is 19.3. The number of ether oxygens (including phenoxy) is 1. The molecule has 1 N–H and O–H groups in total. The number of furan rings is 1. The lowest BCUT2D eigenvalue weighted by molar-refractivity contribution is 0.0528. The van der Waals surface area contributed by atoms with E-state index in [-0.39, 0.29) is 50.8 Å². The molecule has 0 atom stereocenters. The fourth-order valence-electron chi connectivity index (χ4n) is 4.82. The van der Waals surface area contributed by atoms with Crippen LogP contribution in [-0.4, -0.2) is 32.6 Å². The highest BCUT2D eigenvalue weighted by atomic mass is 32.2. The van der Waals surface area contributed by atoms with Crippen molar-refractivity contribution in [1.82, 2.24) is 0 Å². The van der Waals surface area contributed by atoms with Crippen LogP contribution in [0.2, 0.25) is 0 Å². The molecule has 1 aliphatic carbocycles. The Morgan fingerprint density at radius 2 is 1.45 bits per heavy atom. The van der Waals surface area contributed by atoms with Gasteiger partial charge in [-0.2, -0.15) is 0 Å². The molecule has 40 heavy (non-hydrogen) atoms. The Labute approximate surface area is 229 Å². The molecular weight excluding hydrogens is 530 g/mol. The molecule has 1 aliphatic rings. The van der Waals surface area contributed by atoms with Crippen LogP contribution in [0.3, 0.4) is 0 Å². The van der Waals surface area contributed by atoms with Crippen LogP contribution in [0, 0.1) is 0 Å². The summed E-state index contributed by atoms with van der Waals surface area (Å²) in [5.41, 5.74) is 2.08. The summed E-state index contributed by atoms with van der Waals surface area (Å²) in [5, 5.41) is 0.375. The number of sulfonamides is 1. The lowest BCUT2D eigenvalue weighted by atomic mass is 9.84. The third-order valence-corrected chi connectivity index (χ3v) is 8.04. The molecule has 0 amide bonds. The monoisotopic (exact) mass is 551 g/mol. The Bertz CT molecular complexity index is 1960. The highest BCUT2D eigenvalue weighted by molar-refractivity contribution is 7.92. The average molecular weight is 552 g/mol. The molecule has 0 fully saturated rings. The minimum absolute atomic E-state index is 0.0222. The molecule has 1 heterocycles. The summed E-state index contributed by atoms with van der Waals surface area (Å²) in [5.74, 6) is -1.05. The number of rotatable bonds is 6. The van der Waals surface area contributed by atoms with Crippen LogP contribution in [0.15, 0.2) is 100 Å². The fourth-order valence-corrected chi connectivity index (χ4v) is 5.89. The maximum absolute atomic E-state index is 13.4. The highest BCUT2D eigenvalue weighted by Gasteiger charge is 2.31. The van der Waals surface area contributed by atoms with E-state index >= 15 is 0 Å². The van der Waals surface area contributed by atoms with Crippen LogP contribution in [0.1, 0.15) is 49.1 Å². The molecule has 198 valence electrons. The third-order valence-electron chi connectivity index (χ3n) is 6.66. The van der Waals surface area contributed by atoms with Gasteiger partial charge in [0.15, 0.2) is 11.6 Å². The zero-order valence-corrected chi connectivity index (χ0v) is 21.9. The van der Waals surface area contributed by atoms with E-state index in [1.54, 1.807) is 49.4 Å². The number of anilines is 1. The van der Waals surface area contributed by atoms with Gasteiger partial charge in [-0.3, -0.25) is 14.3 Å². The van der Waals surface area contributed by atoms with Gasteiger partial charge in [0, 0.05) is 38.9 Å². The van der Waals surface area contributed by atoms with Gasteiger partial charge in [0.25, 0.3) is 10.0 Å². The van der Waals surface area contributed by atoms with Crippen molar-refractivity contribution in [2.45, 2.75) is 11.8 Å². The second-order valence-corrected chi connectivity index (χ2v) is 10.8. The molecule has 4 aromatic carbocycles. The first-order valence-corrected chi connectivity index (χ1v) is 13.9. The number of benzene rings is 4. The van der Waals surface area contributed by atoms with Gasteiger partial charge in [0.1, 0.15) is 16.9 Å². The van der Waals surface area contributed by atoms with Crippen molar-refractivity contribution in [2.75, 3.05) is 11.3 Å². The van der Waals surface area contributed by atoms with Crippen LogP contribution in [0.25, 0.3) is 22.3 Å². The fraction of sp³-hybridized carbons (Fsp3) is 0.0645. The maximum Gasteiger partial charge on any atom is 0.342 e. The van der Waals surface area contributed by atoms with Crippen LogP contribution < -0.4 is 4.72 Å². The molecule has 6 rings (SSSR count). The summed E-state index contributed by atoms with van der Waals surface area (Å²) in [6.07, 6.45) is 0. The number of hydrogen-bond acceptors (Lipinski definition) is 7. The molecule has 0 saturated heterocycles. The number of fused-ring (bicyclic) bond motifs is 3. The van der Waals surface area contributed by atoms with E-state index in [0.717, 1.165) is 0 Å². The number of nitrogens with one attached hydrogen (secondary N) is 1. The molecular formula is C31H21NO7S. The first-order valence-electron chi connectivity index (χ1n) is 12.4. The number of esters is 1. The van der Waals surface area contributed by atoms with E-state index in [2.05, 4.69) is 4.72 Å². The summed E-state index contributed by atoms with van der Waals surface area (Å²) in [6.45, 7) is 1.84. The first kappa shape index (κ1) is 25.3. The van der Waals surface area contributed by atoms with E-state index in [9.17, 15) is 22.8 Å². The largest absolute Gasteiger partial charge is 0.462 e. The van der Waals surface area contributed by atoms with E-state index in [4.69, 9.17) is 9.15 Å². The minimum atomic E-state index is -4.18. The van der Waals surface area contributed by atoms with Gasteiger partial charge < -0.3 is 9.15 Å². The predicted octanol–water partition coefficient (Wildman–Crippen LogP) is 5.85. The number of carbonyl (C=O) groups excluding carboxylic acids is 3. The smallest absolute Gasteiger partial charge is 0.342 e. The number of carbonyl (C=O) groups is 3. The van der Waals surface area contributed by atoms with Gasteiger partial charge in [-0.15, -0.1) is 0 Å². The highest BCUT2D eigenvalue weighted by Crippen LogP contribution is 2.36. The molecule has 5 aromatic rings. The average Bonchev–Trinajstić information content (AvgIpc) is 3.35. The lowest BCUT2D eigenvalue weighted by Gasteiger charge is -2.18. The van der Waals surface area contributed by atoms with Gasteiger partial charge in [-0.1, -0.05) is 54.6 Å². The van der Waals surface area contributed by atoms with Crippen LogP contribution in [0.5, 0.6) is 0 Å². The van der Waals surface area contributed by atoms with Crippen LogP contribution in [0.4, 0.5) is 5.69 Å². The van der Waals surface area contributed by atoms with E-state index < -0.39 is 21.8 Å². The Morgan fingerprint density at radius 3 is 2.15 bits per heavy atom. The molecule has 0 saturated carbocycles. The lowest BCUT2D eigenvalue weighted by Crippen LogP contribution is -2.22. The summed E-state index contributed by atoms with van der Waals surface area (Å²) in [6, 6.07) is 23.9. The Morgan fingerprint density at radius 1 is 0.800 bits per heavy atom. The summed E-state index contributed by atoms with van der Waals surface area (Å²) in [4.78, 5) is 38.7. The van der Waals surface area contributed by atoms with E-state index in [1.807, 2.05) is 18.2 Å². The molecule has 0 bridgehead atoms. The van der Waals surface area contributed by atoms with Crippen molar-refractivity contribution in [2.24, 2.45) is 0 Å². The van der Waals surface area contributed by atoms with Crippen molar-refractivity contribution in [3.05, 3.63) is 119 Å². The van der Waals surface area contributed by atoms with Crippen LogP contribution >= 0.6 is 0 Å². The Balaban J connectivity index is 1.39. The molecule has 0 unspecified atom stereocenters. The molecule has 0 radical (unpaired) electrons. The summed E-state index contributed by atoms with van der Waals surface area (Å²) >= 11 is 0. The Kier molecular flexibility index (Phi) is 6.08. The van der Waals surface area contributed by atoms with Crippen molar-refractivity contribution in [3.63, 3.8) is 0 Å². The van der Waals surface area contributed by atoms with Gasteiger partial charge in [0.05, 0.1) is 11.5 Å². The maximum atomic E-state index is 13.4. The third kappa shape index (κ3) is 4.17. The number of hydrogen-bond donors (Lipinski definition) is 1. The molecule has 0 spiro atoms. The summed E-state index contributed by atoms with van der Waals surface area (Å²) in [7, 11) is -4.18. The summed E-state index contributed by atoms with van der Waals surface area (Å²) < 4.78 is 40.5. The van der Waals surface area contributed by atoms with Crippen molar-refractivity contribution >= 4 is 44.2 Å². The topological polar surface area (TPSA) is 120 Å². The second kappa shape index (κ2) is 9.62. The van der Waals surface area contributed by atoms with Crippen LogP contribution in [-0.2, 0) is 14.8 Å². The molecule has 8 nitrogen and oxygen atoms in total. The Hall–Kier alpha value is -5.02. The molecule has 1 aromatic heterocycles. The van der Waals surface area contributed by atoms with Gasteiger partial charge in [0.2, 0.25) is 0 Å². The van der Waals surface area contributed by atoms with E-state index in [0.29, 0.717) is 22.3 Å². The molecule has 0 aliphatic heterocycles. The van der Waals surface area contributed by atoms with Crippen molar-refractivity contribution < 1.29 is 32.0 Å².